The van der Waals surface area contributed by atoms with Crippen LogP contribution in [0.15, 0.2) is 90.0 Å². The quantitative estimate of drug-likeness (QED) is 0.370. The zero-order chi connectivity index (χ0) is 24.3. The molecule has 34 heavy (non-hydrogen) atoms. The third kappa shape index (κ3) is 5.47. The molecule has 0 aliphatic carbocycles. The molecular weight excluding hydrogens is 479 g/mol. The average Bonchev–Trinajstić information content (AvgIpc) is 3.29. The van der Waals surface area contributed by atoms with Gasteiger partial charge in [-0.1, -0.05) is 23.7 Å². The van der Waals surface area contributed by atoms with Crippen molar-refractivity contribution in [3.05, 3.63) is 107 Å². The molecule has 0 radical (unpaired) electrons. The number of sulfone groups is 1. The topological polar surface area (TPSA) is 77.4 Å². The summed E-state index contributed by atoms with van der Waals surface area (Å²) in [5.41, 5.74) is 1.70. The predicted octanol–water partition coefficient (Wildman–Crippen LogP) is 5.40. The summed E-state index contributed by atoms with van der Waals surface area (Å²) >= 11 is 6.31. The molecule has 4 aromatic rings. The normalized spacial score (nSPS) is 11.3. The van der Waals surface area contributed by atoms with Crippen molar-refractivity contribution in [2.24, 2.45) is 0 Å². The van der Waals surface area contributed by atoms with Crippen LogP contribution in [-0.4, -0.2) is 25.1 Å². The molecule has 9 heteroatoms. The first kappa shape index (κ1) is 23.5. The Labute approximate surface area is 201 Å². The molecular formula is C25H20ClFN2O4S. The lowest BCUT2D eigenvalue weighted by Crippen LogP contribution is -2.25. The summed E-state index contributed by atoms with van der Waals surface area (Å²) in [6.07, 6.45) is 2.78. The van der Waals surface area contributed by atoms with Crippen LogP contribution in [0.25, 0.3) is 5.69 Å². The van der Waals surface area contributed by atoms with Gasteiger partial charge in [-0.25, -0.2) is 12.8 Å². The molecule has 1 aromatic heterocycles. The molecule has 0 aliphatic rings. The van der Waals surface area contributed by atoms with E-state index in [1.807, 2.05) is 12.1 Å². The van der Waals surface area contributed by atoms with Crippen LogP contribution in [-0.2, 0) is 16.4 Å². The maximum atomic E-state index is 13.0. The summed E-state index contributed by atoms with van der Waals surface area (Å²) in [6.45, 7) is 0.279. The van der Waals surface area contributed by atoms with E-state index in [1.165, 1.54) is 24.3 Å². The second kappa shape index (κ2) is 9.70. The molecule has 0 fully saturated rings. The third-order valence-corrected chi connectivity index (χ3v) is 6.43. The molecule has 0 spiro atoms. The molecule has 0 saturated heterocycles. The summed E-state index contributed by atoms with van der Waals surface area (Å²) in [5, 5.41) is 3.07. The van der Waals surface area contributed by atoms with Gasteiger partial charge in [-0.15, -0.1) is 0 Å². The predicted molar refractivity (Wildman–Crippen MR) is 128 cm³/mol. The third-order valence-electron chi connectivity index (χ3n) is 5.01. The van der Waals surface area contributed by atoms with E-state index in [-0.39, 0.29) is 28.2 Å². The van der Waals surface area contributed by atoms with Gasteiger partial charge in [0.2, 0.25) is 0 Å². The number of hydrogen-bond acceptors (Lipinski definition) is 4. The van der Waals surface area contributed by atoms with Gasteiger partial charge in [0.25, 0.3) is 5.91 Å². The van der Waals surface area contributed by atoms with Gasteiger partial charge in [0.1, 0.15) is 23.0 Å². The van der Waals surface area contributed by atoms with Gasteiger partial charge in [0, 0.05) is 19.0 Å². The lowest BCUT2D eigenvalue weighted by Gasteiger charge is -2.12. The van der Waals surface area contributed by atoms with Crippen molar-refractivity contribution >= 4 is 27.3 Å². The van der Waals surface area contributed by atoms with Crippen LogP contribution in [0.5, 0.6) is 11.5 Å². The van der Waals surface area contributed by atoms with Crippen LogP contribution >= 0.6 is 11.6 Å². The van der Waals surface area contributed by atoms with Crippen molar-refractivity contribution in [2.75, 3.05) is 6.26 Å². The molecule has 0 saturated carbocycles. The SMILES string of the molecule is CS(=O)(=O)c1ccc(-n2cccc2C(=O)NCc2ccc(Oc3ccc(F)cc3)cc2)c(Cl)c1. The van der Waals surface area contributed by atoms with Gasteiger partial charge in [-0.3, -0.25) is 4.79 Å². The fourth-order valence-corrected chi connectivity index (χ4v) is 4.26. The number of nitrogens with one attached hydrogen (secondary N) is 1. The zero-order valence-corrected chi connectivity index (χ0v) is 19.6. The van der Waals surface area contributed by atoms with E-state index in [0.29, 0.717) is 22.9 Å². The lowest BCUT2D eigenvalue weighted by molar-refractivity contribution is 0.0944. The Kier molecular flexibility index (Phi) is 6.72. The maximum Gasteiger partial charge on any atom is 0.268 e. The summed E-state index contributed by atoms with van der Waals surface area (Å²) in [5.74, 6) is 0.451. The van der Waals surface area contributed by atoms with E-state index in [9.17, 15) is 17.6 Å². The molecule has 174 valence electrons. The number of benzene rings is 3. The lowest BCUT2D eigenvalue weighted by atomic mass is 10.2. The van der Waals surface area contributed by atoms with Crippen molar-refractivity contribution in [2.45, 2.75) is 11.4 Å². The molecule has 0 bridgehead atoms. The number of rotatable bonds is 7. The summed E-state index contributed by atoms with van der Waals surface area (Å²) in [6, 6.07) is 20.6. The Bertz CT molecular complexity index is 1430. The molecule has 0 unspecified atom stereocenters. The fraction of sp³-hybridized carbons (Fsp3) is 0.0800. The van der Waals surface area contributed by atoms with E-state index in [0.717, 1.165) is 11.8 Å². The average molecular weight is 499 g/mol. The highest BCUT2D eigenvalue weighted by Crippen LogP contribution is 2.26. The standard InChI is InChI=1S/C25H20ClFN2O4S/c1-34(31,32)21-12-13-23(22(26)15-21)29-14-2-3-24(29)25(30)28-16-17-4-8-19(9-5-17)33-20-10-6-18(27)7-11-20/h2-15H,16H2,1H3,(H,28,30). The van der Waals surface area contributed by atoms with E-state index in [2.05, 4.69) is 5.32 Å². The highest BCUT2D eigenvalue weighted by molar-refractivity contribution is 7.90. The van der Waals surface area contributed by atoms with E-state index in [4.69, 9.17) is 16.3 Å². The molecule has 1 amide bonds. The number of halogens is 2. The Balaban J connectivity index is 1.43. The molecule has 4 rings (SSSR count). The van der Waals surface area contributed by atoms with Crippen molar-refractivity contribution in [1.82, 2.24) is 9.88 Å². The smallest absolute Gasteiger partial charge is 0.268 e. The molecule has 6 nitrogen and oxygen atoms in total. The van der Waals surface area contributed by atoms with E-state index >= 15 is 0 Å². The van der Waals surface area contributed by atoms with Crippen LogP contribution in [0.1, 0.15) is 16.1 Å². The Morgan fingerprint density at radius 2 is 1.65 bits per heavy atom. The van der Waals surface area contributed by atoms with Gasteiger partial charge in [0.05, 0.1) is 15.6 Å². The fourth-order valence-electron chi connectivity index (χ4n) is 3.28. The maximum absolute atomic E-state index is 13.0. The van der Waals surface area contributed by atoms with Crippen molar-refractivity contribution in [3.8, 4) is 17.2 Å². The van der Waals surface area contributed by atoms with Crippen LogP contribution in [0.2, 0.25) is 5.02 Å². The van der Waals surface area contributed by atoms with E-state index < -0.39 is 9.84 Å². The number of hydrogen-bond donors (Lipinski definition) is 1. The zero-order valence-electron chi connectivity index (χ0n) is 18.0. The minimum atomic E-state index is -3.40. The molecule has 3 aromatic carbocycles. The van der Waals surface area contributed by atoms with Gasteiger partial charge in [-0.05, 0) is 72.3 Å². The Morgan fingerprint density at radius 1 is 1.00 bits per heavy atom. The highest BCUT2D eigenvalue weighted by atomic mass is 35.5. The highest BCUT2D eigenvalue weighted by Gasteiger charge is 2.16. The first-order chi connectivity index (χ1) is 16.2. The number of ether oxygens (including phenoxy) is 1. The summed E-state index contributed by atoms with van der Waals surface area (Å²) < 4.78 is 43.8. The summed E-state index contributed by atoms with van der Waals surface area (Å²) in [4.78, 5) is 12.9. The number of nitrogens with zero attached hydrogens (tertiary/aromatic N) is 1. The second-order valence-electron chi connectivity index (χ2n) is 7.53. The van der Waals surface area contributed by atoms with Crippen LogP contribution in [0.4, 0.5) is 4.39 Å². The monoisotopic (exact) mass is 498 g/mol. The molecule has 0 aliphatic heterocycles. The van der Waals surface area contributed by atoms with Gasteiger partial charge >= 0.3 is 0 Å². The minimum Gasteiger partial charge on any atom is -0.457 e. The number of carbonyl (C=O) groups excluding carboxylic acids is 1. The van der Waals surface area contributed by atoms with Crippen molar-refractivity contribution in [1.29, 1.82) is 0 Å². The minimum absolute atomic E-state index is 0.103. The first-order valence-corrected chi connectivity index (χ1v) is 12.5. The molecule has 1 N–H and O–H groups in total. The Morgan fingerprint density at radius 3 is 2.26 bits per heavy atom. The van der Waals surface area contributed by atoms with Crippen LogP contribution in [0, 0.1) is 5.82 Å². The van der Waals surface area contributed by atoms with Crippen LogP contribution in [0.3, 0.4) is 0 Å². The van der Waals surface area contributed by atoms with Crippen LogP contribution < -0.4 is 10.1 Å². The number of amides is 1. The van der Waals surface area contributed by atoms with Gasteiger partial charge in [0.15, 0.2) is 9.84 Å². The molecule has 1 heterocycles. The first-order valence-electron chi connectivity index (χ1n) is 10.2. The number of carbonyl (C=O) groups is 1. The largest absolute Gasteiger partial charge is 0.457 e. The van der Waals surface area contributed by atoms with Crippen molar-refractivity contribution in [3.63, 3.8) is 0 Å². The van der Waals surface area contributed by atoms with Gasteiger partial charge in [-0.2, -0.15) is 0 Å². The number of aromatic nitrogens is 1. The molecule has 0 atom stereocenters. The van der Waals surface area contributed by atoms with Crippen molar-refractivity contribution < 1.29 is 22.3 Å². The second-order valence-corrected chi connectivity index (χ2v) is 9.95. The summed E-state index contributed by atoms with van der Waals surface area (Å²) in [7, 11) is -3.40. The Hall–Kier alpha value is -3.62. The van der Waals surface area contributed by atoms with E-state index in [1.54, 1.807) is 53.2 Å². The van der Waals surface area contributed by atoms with Gasteiger partial charge < -0.3 is 14.6 Å².